The number of rotatable bonds is 2. The Labute approximate surface area is 107 Å². The van der Waals surface area contributed by atoms with E-state index in [1.807, 2.05) is 9.97 Å². The quantitative estimate of drug-likeness (QED) is 0.298. The molecule has 0 aromatic carbocycles. The number of hydrogen-bond donors (Lipinski definition) is 3. The normalized spacial score (nSPS) is 9.06. The zero-order valence-corrected chi connectivity index (χ0v) is 9.52. The first kappa shape index (κ1) is 14.5. The van der Waals surface area contributed by atoms with E-state index in [9.17, 15) is 19.2 Å². The van der Waals surface area contributed by atoms with E-state index in [-0.39, 0.29) is 25.9 Å². The van der Waals surface area contributed by atoms with Gasteiger partial charge in [0.15, 0.2) is 0 Å². The first-order valence-electron chi connectivity index (χ1n) is 3.81. The fourth-order valence-electron chi connectivity index (χ4n) is 0.779. The minimum atomic E-state index is -1.13. The van der Waals surface area contributed by atoms with E-state index in [0.29, 0.717) is 0 Å². The molecule has 0 radical (unpaired) electrons. The predicted molar refractivity (Wildman–Crippen MR) is 55.1 cm³/mol. The first-order valence-corrected chi connectivity index (χ1v) is 3.81. The first-order chi connectivity index (χ1) is 7.02. The summed E-state index contributed by atoms with van der Waals surface area (Å²) in [6.45, 7) is -0.473. The van der Waals surface area contributed by atoms with E-state index in [1.165, 1.54) is 0 Å². The van der Waals surface area contributed by atoms with Crippen molar-refractivity contribution in [1.29, 1.82) is 0 Å². The summed E-state index contributed by atoms with van der Waals surface area (Å²) in [7, 11) is 0. The van der Waals surface area contributed by atoms with Crippen LogP contribution in [-0.4, -0.2) is 51.5 Å². The minimum absolute atomic E-state index is 0. The predicted octanol–water partition coefficient (Wildman–Crippen LogP) is -2.45. The summed E-state index contributed by atoms with van der Waals surface area (Å²) in [5, 5.41) is 0. The van der Waals surface area contributed by atoms with Gasteiger partial charge in [-0.25, -0.2) is 9.59 Å². The molecule has 1 aromatic heterocycles. The molecular formula is C7H9MgN3O5. The molecule has 0 spiro atoms. The molecule has 0 saturated heterocycles. The van der Waals surface area contributed by atoms with Crippen LogP contribution >= 0.6 is 0 Å². The number of aromatic nitrogens is 2. The van der Waals surface area contributed by atoms with Gasteiger partial charge in [0.05, 0.1) is 6.54 Å². The Morgan fingerprint density at radius 1 is 1.38 bits per heavy atom. The van der Waals surface area contributed by atoms with Crippen LogP contribution in [0.25, 0.3) is 0 Å². The van der Waals surface area contributed by atoms with Crippen LogP contribution in [0.4, 0.5) is 0 Å². The number of aromatic amines is 2. The van der Waals surface area contributed by atoms with E-state index < -0.39 is 35.4 Å². The van der Waals surface area contributed by atoms with Gasteiger partial charge in [-0.3, -0.25) is 14.6 Å². The standard InChI is InChI=1S/C7H7N3O5.Mg.2H/c8-2-5(12)15-6(13)3-1-4(11)10-7(14)9-3;;;/h1H,2,8H2,(H2,9,10,11,14);;;/q;+2;2*-1. The van der Waals surface area contributed by atoms with E-state index >= 15 is 0 Å². The van der Waals surface area contributed by atoms with Gasteiger partial charge in [0.2, 0.25) is 0 Å². The average Bonchev–Trinajstić information content (AvgIpc) is 2.16. The Balaban J connectivity index is -0.000000750. The number of carbonyl (C=O) groups excluding carboxylic acids is 2. The van der Waals surface area contributed by atoms with Crippen LogP contribution in [0.5, 0.6) is 0 Å². The fraction of sp³-hybridized carbons (Fsp3) is 0.143. The molecule has 84 valence electrons. The van der Waals surface area contributed by atoms with Crippen LogP contribution in [0.2, 0.25) is 0 Å². The Morgan fingerprint density at radius 3 is 2.50 bits per heavy atom. The molecule has 0 aliphatic rings. The molecule has 0 amide bonds. The molecule has 4 N–H and O–H groups in total. The van der Waals surface area contributed by atoms with E-state index in [0.717, 1.165) is 6.07 Å². The van der Waals surface area contributed by atoms with Crippen LogP contribution in [-0.2, 0) is 9.53 Å². The van der Waals surface area contributed by atoms with E-state index in [4.69, 9.17) is 5.73 Å². The molecule has 0 unspecified atom stereocenters. The third-order valence-electron chi connectivity index (χ3n) is 1.35. The maximum atomic E-state index is 11.1. The Bertz CT molecular complexity index is 486. The number of nitrogens with one attached hydrogen (secondary N) is 2. The van der Waals surface area contributed by atoms with Crippen LogP contribution < -0.4 is 17.0 Å². The molecule has 0 fully saturated rings. The van der Waals surface area contributed by atoms with Crippen molar-refractivity contribution in [3.63, 3.8) is 0 Å². The zero-order valence-electron chi connectivity index (χ0n) is 10.1. The summed E-state index contributed by atoms with van der Waals surface area (Å²) in [5.74, 6) is -2.09. The van der Waals surface area contributed by atoms with Crippen LogP contribution in [0, 0.1) is 0 Å². The zero-order chi connectivity index (χ0) is 11.4. The second kappa shape index (κ2) is 6.20. The molecular weight excluding hydrogens is 230 g/mol. The monoisotopic (exact) mass is 239 g/mol. The molecule has 16 heavy (non-hydrogen) atoms. The van der Waals surface area contributed by atoms with Crippen molar-refractivity contribution >= 4 is 35.0 Å². The van der Waals surface area contributed by atoms with E-state index in [2.05, 4.69) is 4.74 Å². The Kier molecular flexibility index (Phi) is 5.64. The number of hydrogen-bond acceptors (Lipinski definition) is 6. The second-order valence-corrected chi connectivity index (χ2v) is 2.47. The van der Waals surface area contributed by atoms with Crippen molar-refractivity contribution in [2.75, 3.05) is 6.54 Å². The smallest absolute Gasteiger partial charge is 1.00 e. The maximum absolute atomic E-state index is 11.1. The molecule has 0 aliphatic carbocycles. The number of esters is 2. The summed E-state index contributed by atoms with van der Waals surface area (Å²) >= 11 is 0. The maximum Gasteiger partial charge on any atom is 2.00 e. The molecule has 1 rings (SSSR count). The number of ether oxygens (including phenoxy) is 1. The van der Waals surface area contributed by atoms with Gasteiger partial charge in [0.1, 0.15) is 5.69 Å². The van der Waals surface area contributed by atoms with Crippen molar-refractivity contribution in [2.24, 2.45) is 5.73 Å². The molecule has 9 heteroatoms. The summed E-state index contributed by atoms with van der Waals surface area (Å²) in [6, 6.07) is 0.799. The molecule has 0 atom stereocenters. The molecule has 0 aliphatic heterocycles. The topological polar surface area (TPSA) is 135 Å². The largest absolute Gasteiger partial charge is 2.00 e. The van der Waals surface area contributed by atoms with Crippen molar-refractivity contribution in [3.8, 4) is 0 Å². The fourth-order valence-corrected chi connectivity index (χ4v) is 0.779. The van der Waals surface area contributed by atoms with Crippen LogP contribution in [0.15, 0.2) is 15.7 Å². The van der Waals surface area contributed by atoms with Crippen LogP contribution in [0.1, 0.15) is 13.3 Å². The summed E-state index contributed by atoms with van der Waals surface area (Å²) in [5.41, 5.74) is 2.84. The van der Waals surface area contributed by atoms with Gasteiger partial charge in [-0.1, -0.05) is 0 Å². The van der Waals surface area contributed by atoms with Gasteiger partial charge in [0.25, 0.3) is 5.56 Å². The van der Waals surface area contributed by atoms with Crippen molar-refractivity contribution < 1.29 is 17.2 Å². The average molecular weight is 239 g/mol. The van der Waals surface area contributed by atoms with Gasteiger partial charge < -0.3 is 18.3 Å². The van der Waals surface area contributed by atoms with Gasteiger partial charge in [0, 0.05) is 6.07 Å². The van der Waals surface area contributed by atoms with Crippen LogP contribution in [0.3, 0.4) is 0 Å². The van der Waals surface area contributed by atoms with Gasteiger partial charge in [-0.05, 0) is 0 Å². The number of H-pyrrole nitrogens is 2. The Hall–Kier alpha value is -1.45. The second-order valence-electron chi connectivity index (χ2n) is 2.47. The molecule has 0 saturated carbocycles. The van der Waals surface area contributed by atoms with Crippen molar-refractivity contribution in [1.82, 2.24) is 9.97 Å². The van der Waals surface area contributed by atoms with Gasteiger partial charge >= 0.3 is 40.7 Å². The summed E-state index contributed by atoms with van der Waals surface area (Å²) in [6.07, 6.45) is 0. The summed E-state index contributed by atoms with van der Waals surface area (Å²) in [4.78, 5) is 47.1. The van der Waals surface area contributed by atoms with Gasteiger partial charge in [-0.15, -0.1) is 0 Å². The van der Waals surface area contributed by atoms with E-state index in [1.54, 1.807) is 0 Å². The van der Waals surface area contributed by atoms with Crippen molar-refractivity contribution in [3.05, 3.63) is 32.6 Å². The third-order valence-corrected chi connectivity index (χ3v) is 1.35. The molecule has 8 nitrogen and oxygen atoms in total. The Morgan fingerprint density at radius 2 is 2.00 bits per heavy atom. The van der Waals surface area contributed by atoms with Gasteiger partial charge in [-0.2, -0.15) is 0 Å². The molecule has 0 bridgehead atoms. The number of nitrogens with two attached hydrogens (primary N) is 1. The van der Waals surface area contributed by atoms with Crippen molar-refractivity contribution in [2.45, 2.75) is 0 Å². The SMILES string of the molecule is NCC(=O)OC(=O)c1cc(=O)[nH]c(=O)[nH]1.[H-].[H-].[Mg+2]. The minimum Gasteiger partial charge on any atom is -1.00 e. The summed E-state index contributed by atoms with van der Waals surface area (Å²) < 4.78 is 4.17. The number of carbonyl (C=O) groups is 2. The molecule has 1 heterocycles. The third kappa shape index (κ3) is 3.96. The molecule has 1 aromatic rings.